The Morgan fingerprint density at radius 2 is 2.00 bits per heavy atom. The molecule has 5 nitrogen and oxygen atoms in total. The summed E-state index contributed by atoms with van der Waals surface area (Å²) in [5, 5.41) is 0. The number of nitrogens with zero attached hydrogens (tertiary/aromatic N) is 1. The van der Waals surface area contributed by atoms with Crippen molar-refractivity contribution >= 4 is 21.4 Å². The molecule has 1 aromatic rings. The third-order valence-corrected chi connectivity index (χ3v) is 4.61. The van der Waals surface area contributed by atoms with Gasteiger partial charge in [-0.2, -0.15) is 0 Å². The zero-order valence-corrected chi connectivity index (χ0v) is 11.6. The summed E-state index contributed by atoms with van der Waals surface area (Å²) >= 11 is 0. The molecule has 0 heterocycles. The van der Waals surface area contributed by atoms with E-state index in [4.69, 9.17) is 5.73 Å². The number of sulfone groups is 1. The summed E-state index contributed by atoms with van der Waals surface area (Å²) in [7, 11) is -2.07. The van der Waals surface area contributed by atoms with Crippen LogP contribution in [-0.2, 0) is 14.6 Å². The molecule has 0 spiro atoms. The van der Waals surface area contributed by atoms with Crippen molar-refractivity contribution in [1.82, 2.24) is 4.90 Å². The summed E-state index contributed by atoms with van der Waals surface area (Å²) in [5.41, 5.74) is 6.57. The molecule has 18 heavy (non-hydrogen) atoms. The fourth-order valence-electron chi connectivity index (χ4n) is 1.50. The lowest BCUT2D eigenvalue weighted by molar-refractivity contribution is -0.126. The lowest BCUT2D eigenvalue weighted by Crippen LogP contribution is -2.32. The monoisotopic (exact) mass is 270 g/mol. The van der Waals surface area contributed by atoms with Crippen molar-refractivity contribution in [2.75, 3.05) is 25.1 Å². The van der Waals surface area contributed by atoms with Crippen molar-refractivity contribution in [3.63, 3.8) is 0 Å². The number of carbonyl (C=O) groups excluding carboxylic acids is 1. The van der Waals surface area contributed by atoms with Crippen LogP contribution in [0.5, 0.6) is 0 Å². The van der Waals surface area contributed by atoms with E-state index in [2.05, 4.69) is 0 Å². The molecule has 0 radical (unpaired) electrons. The Morgan fingerprint density at radius 1 is 1.39 bits per heavy atom. The Kier molecular flexibility index (Phi) is 4.34. The van der Waals surface area contributed by atoms with Crippen molar-refractivity contribution in [3.05, 3.63) is 23.8 Å². The minimum absolute atomic E-state index is 0.125. The average molecular weight is 270 g/mol. The highest BCUT2D eigenvalue weighted by molar-refractivity contribution is 7.92. The van der Waals surface area contributed by atoms with E-state index in [1.165, 1.54) is 11.0 Å². The molecule has 0 aliphatic heterocycles. The topological polar surface area (TPSA) is 80.5 Å². The number of carbonyl (C=O) groups is 1. The van der Waals surface area contributed by atoms with Crippen molar-refractivity contribution in [2.24, 2.45) is 0 Å². The van der Waals surface area contributed by atoms with Crippen LogP contribution in [-0.4, -0.2) is 38.6 Å². The van der Waals surface area contributed by atoms with Crippen LogP contribution in [0.25, 0.3) is 0 Å². The first kappa shape index (κ1) is 14.5. The minimum atomic E-state index is -3.64. The normalized spacial score (nSPS) is 11.3. The summed E-state index contributed by atoms with van der Waals surface area (Å²) in [6.45, 7) is 3.90. The summed E-state index contributed by atoms with van der Waals surface area (Å²) in [6.07, 6.45) is 0. The number of amides is 1. The van der Waals surface area contributed by atoms with Gasteiger partial charge in [0.15, 0.2) is 9.84 Å². The smallest absolute Gasteiger partial charge is 0.237 e. The quantitative estimate of drug-likeness (QED) is 0.822. The largest absolute Gasteiger partial charge is 0.398 e. The molecule has 0 saturated heterocycles. The number of anilines is 1. The van der Waals surface area contributed by atoms with E-state index in [-0.39, 0.29) is 4.90 Å². The fourth-order valence-corrected chi connectivity index (χ4v) is 3.07. The predicted octanol–water partition coefficient (Wildman–Crippen LogP) is 0.829. The molecule has 0 bridgehead atoms. The summed E-state index contributed by atoms with van der Waals surface area (Å²) in [4.78, 5) is 13.2. The Bertz CT molecular complexity index is 552. The number of hydrogen-bond acceptors (Lipinski definition) is 4. The Balaban J connectivity index is 3.08. The molecule has 0 saturated carbocycles. The highest BCUT2D eigenvalue weighted by Gasteiger charge is 2.23. The van der Waals surface area contributed by atoms with Gasteiger partial charge in [0.05, 0.1) is 4.90 Å². The van der Waals surface area contributed by atoms with Crippen LogP contribution < -0.4 is 5.73 Å². The molecule has 6 heteroatoms. The molecule has 1 aromatic carbocycles. The number of nitrogens with two attached hydrogens (primary N) is 1. The van der Waals surface area contributed by atoms with Gasteiger partial charge in [-0.1, -0.05) is 6.07 Å². The Morgan fingerprint density at radius 3 is 2.56 bits per heavy atom. The van der Waals surface area contributed by atoms with Crippen LogP contribution in [0.3, 0.4) is 0 Å². The van der Waals surface area contributed by atoms with Gasteiger partial charge in [-0.25, -0.2) is 8.42 Å². The van der Waals surface area contributed by atoms with Crippen LogP contribution in [0.15, 0.2) is 23.1 Å². The van der Waals surface area contributed by atoms with Gasteiger partial charge in [0.1, 0.15) is 5.75 Å². The molecule has 0 aliphatic carbocycles. The molecule has 100 valence electrons. The van der Waals surface area contributed by atoms with Gasteiger partial charge in [0.25, 0.3) is 0 Å². The van der Waals surface area contributed by atoms with E-state index in [0.717, 1.165) is 0 Å². The van der Waals surface area contributed by atoms with Gasteiger partial charge in [-0.15, -0.1) is 0 Å². The van der Waals surface area contributed by atoms with E-state index >= 15 is 0 Å². The van der Waals surface area contributed by atoms with Crippen molar-refractivity contribution in [3.8, 4) is 0 Å². The van der Waals surface area contributed by atoms with Gasteiger partial charge in [0, 0.05) is 19.3 Å². The molecule has 0 unspecified atom stereocenters. The van der Waals surface area contributed by atoms with Crippen molar-refractivity contribution < 1.29 is 13.2 Å². The van der Waals surface area contributed by atoms with Crippen LogP contribution in [0.2, 0.25) is 0 Å². The highest BCUT2D eigenvalue weighted by atomic mass is 32.2. The molecule has 1 amide bonds. The molecule has 0 aromatic heterocycles. The lowest BCUT2D eigenvalue weighted by atomic mass is 10.2. The Hall–Kier alpha value is -1.56. The molecule has 2 N–H and O–H groups in total. The van der Waals surface area contributed by atoms with E-state index < -0.39 is 21.5 Å². The SMILES string of the molecule is CCN(C)C(=O)CS(=O)(=O)c1cccc(N)c1C. The predicted molar refractivity (Wildman–Crippen MR) is 71.0 cm³/mol. The van der Waals surface area contributed by atoms with Gasteiger partial charge in [-0.05, 0) is 31.5 Å². The second-order valence-corrected chi connectivity index (χ2v) is 6.10. The molecule has 1 rings (SSSR count). The Labute approximate surface area is 108 Å². The first-order valence-corrected chi connectivity index (χ1v) is 7.26. The second-order valence-electron chi connectivity index (χ2n) is 4.14. The maximum absolute atomic E-state index is 12.1. The first-order chi connectivity index (χ1) is 8.29. The summed E-state index contributed by atoms with van der Waals surface area (Å²) in [6, 6.07) is 4.68. The molecule has 0 aliphatic rings. The van der Waals surface area contributed by atoms with E-state index in [1.54, 1.807) is 33.0 Å². The summed E-state index contributed by atoms with van der Waals surface area (Å²) < 4.78 is 24.3. The molecule has 0 atom stereocenters. The van der Waals surface area contributed by atoms with E-state index in [9.17, 15) is 13.2 Å². The lowest BCUT2D eigenvalue weighted by Gasteiger charge is -2.15. The zero-order valence-electron chi connectivity index (χ0n) is 10.8. The van der Waals surface area contributed by atoms with Crippen LogP contribution in [0, 0.1) is 6.92 Å². The van der Waals surface area contributed by atoms with Gasteiger partial charge in [-0.3, -0.25) is 4.79 Å². The third-order valence-electron chi connectivity index (χ3n) is 2.87. The maximum atomic E-state index is 12.1. The standard InChI is InChI=1S/C12H18N2O3S/c1-4-14(3)12(15)8-18(16,17)11-7-5-6-10(13)9(11)2/h5-7H,4,8,13H2,1-3H3. The van der Waals surface area contributed by atoms with Crippen LogP contribution in [0.1, 0.15) is 12.5 Å². The number of nitrogen functional groups attached to an aromatic ring is 1. The maximum Gasteiger partial charge on any atom is 0.237 e. The van der Waals surface area contributed by atoms with Crippen LogP contribution in [0.4, 0.5) is 5.69 Å². The minimum Gasteiger partial charge on any atom is -0.398 e. The molecular formula is C12H18N2O3S. The second kappa shape index (κ2) is 5.39. The van der Waals surface area contributed by atoms with E-state index in [0.29, 0.717) is 17.8 Å². The van der Waals surface area contributed by atoms with Gasteiger partial charge >= 0.3 is 0 Å². The van der Waals surface area contributed by atoms with E-state index in [1.807, 2.05) is 0 Å². The van der Waals surface area contributed by atoms with Crippen molar-refractivity contribution in [2.45, 2.75) is 18.7 Å². The molecule has 0 fully saturated rings. The zero-order chi connectivity index (χ0) is 13.9. The van der Waals surface area contributed by atoms with Gasteiger partial charge in [0.2, 0.25) is 5.91 Å². The number of rotatable bonds is 4. The fraction of sp³-hybridized carbons (Fsp3) is 0.417. The number of benzene rings is 1. The average Bonchev–Trinajstić information content (AvgIpc) is 2.30. The van der Waals surface area contributed by atoms with Gasteiger partial charge < -0.3 is 10.6 Å². The third kappa shape index (κ3) is 3.01. The van der Waals surface area contributed by atoms with Crippen molar-refractivity contribution in [1.29, 1.82) is 0 Å². The first-order valence-electron chi connectivity index (χ1n) is 5.61. The van der Waals surface area contributed by atoms with Crippen LogP contribution >= 0.6 is 0 Å². The number of hydrogen-bond donors (Lipinski definition) is 1. The summed E-state index contributed by atoms with van der Waals surface area (Å²) in [5.74, 6) is -0.943. The molecular weight excluding hydrogens is 252 g/mol. The highest BCUT2D eigenvalue weighted by Crippen LogP contribution is 2.21.